The highest BCUT2D eigenvalue weighted by Crippen LogP contribution is 2.43. The first-order chi connectivity index (χ1) is 22.0. The fraction of sp³-hybridized carbons (Fsp3) is 0.200. The first-order valence-electron chi connectivity index (χ1n) is 14.7. The Labute approximate surface area is 268 Å². The number of aliphatic hydroxyl groups is 1. The predicted molar refractivity (Wildman–Crippen MR) is 177 cm³/mol. The number of para-hydroxylation sites is 3. The summed E-state index contributed by atoms with van der Waals surface area (Å²) in [5, 5.41) is 12.5. The second-order valence-electron chi connectivity index (χ2n) is 10.9. The van der Waals surface area contributed by atoms with Crippen molar-refractivity contribution in [2.45, 2.75) is 36.4 Å². The van der Waals surface area contributed by atoms with Crippen LogP contribution in [0.4, 0.5) is 5.69 Å². The van der Waals surface area contributed by atoms with Gasteiger partial charge in [0.05, 0.1) is 46.3 Å². The van der Waals surface area contributed by atoms with Crippen LogP contribution < -0.4 is 5.32 Å². The number of amides is 1. The monoisotopic (exact) mass is 634 g/mol. The van der Waals surface area contributed by atoms with Gasteiger partial charge in [0, 0.05) is 22.9 Å². The summed E-state index contributed by atoms with van der Waals surface area (Å²) in [6, 6.07) is 31.0. The minimum absolute atomic E-state index is 0.0160. The minimum Gasteiger partial charge on any atom is -0.392 e. The molecule has 1 amide bonds. The third-order valence-electron chi connectivity index (χ3n) is 7.87. The van der Waals surface area contributed by atoms with Crippen LogP contribution in [0, 0.1) is 5.92 Å². The normalized spacial score (nSPS) is 20.0. The number of ether oxygens (including phenoxy) is 2. The number of carbonyl (C=O) groups is 1. The molecule has 0 radical (unpaired) electrons. The molecule has 4 atom stereocenters. The van der Waals surface area contributed by atoms with Gasteiger partial charge >= 0.3 is 0 Å². The molecular formula is C35H30N4O4S2. The molecule has 1 saturated heterocycles. The lowest BCUT2D eigenvalue weighted by atomic mass is 9.91. The zero-order valence-electron chi connectivity index (χ0n) is 24.4. The number of nitrogens with zero attached hydrogens (tertiary/aromatic N) is 3. The standard InChI is InChI=1S/C35H30N4O4S2/c1-21-30(20-44-35-39-28-11-4-5-12-31(28)45-35)42-34(43-32(21)23-15-13-22(19-40)14-16-23)24-7-6-8-25(17-24)37-33(41)29-18-36-26-9-2-3-10-27(26)38-29/h2-18,21,30,32,34,40H,19-20H2,1H3,(H,37,41). The molecule has 3 heterocycles. The van der Waals surface area contributed by atoms with Crippen LogP contribution in [0.3, 0.4) is 0 Å². The Morgan fingerprint density at radius 3 is 2.47 bits per heavy atom. The Balaban J connectivity index is 1.13. The second kappa shape index (κ2) is 13.0. The Morgan fingerprint density at radius 2 is 1.67 bits per heavy atom. The van der Waals surface area contributed by atoms with Gasteiger partial charge in [0.2, 0.25) is 0 Å². The van der Waals surface area contributed by atoms with Crippen molar-refractivity contribution in [3.8, 4) is 0 Å². The number of benzene rings is 4. The number of anilines is 1. The average molecular weight is 635 g/mol. The van der Waals surface area contributed by atoms with Crippen molar-refractivity contribution in [3.63, 3.8) is 0 Å². The van der Waals surface area contributed by atoms with E-state index in [1.807, 2.05) is 91.0 Å². The topological polar surface area (TPSA) is 106 Å². The molecule has 2 N–H and O–H groups in total. The first kappa shape index (κ1) is 29.5. The lowest BCUT2D eigenvalue weighted by Gasteiger charge is -2.41. The quantitative estimate of drug-likeness (QED) is 0.165. The van der Waals surface area contributed by atoms with E-state index in [0.717, 1.165) is 36.8 Å². The maximum Gasteiger partial charge on any atom is 0.275 e. The van der Waals surface area contributed by atoms with Crippen molar-refractivity contribution < 1.29 is 19.4 Å². The molecule has 6 aromatic rings. The lowest BCUT2D eigenvalue weighted by molar-refractivity contribution is -0.268. The average Bonchev–Trinajstić information content (AvgIpc) is 3.51. The summed E-state index contributed by atoms with van der Waals surface area (Å²) in [6.45, 7) is 2.13. The van der Waals surface area contributed by atoms with Gasteiger partial charge in [-0.3, -0.25) is 9.78 Å². The number of aliphatic hydroxyl groups excluding tert-OH is 1. The van der Waals surface area contributed by atoms with E-state index in [1.54, 1.807) is 23.1 Å². The van der Waals surface area contributed by atoms with Gasteiger partial charge in [-0.05, 0) is 47.5 Å². The van der Waals surface area contributed by atoms with Crippen LogP contribution in [0.2, 0.25) is 0 Å². The number of nitrogens with one attached hydrogen (secondary N) is 1. The van der Waals surface area contributed by atoms with Crippen LogP contribution >= 0.6 is 23.1 Å². The van der Waals surface area contributed by atoms with E-state index in [0.29, 0.717) is 17.0 Å². The van der Waals surface area contributed by atoms with E-state index < -0.39 is 6.29 Å². The molecule has 45 heavy (non-hydrogen) atoms. The molecule has 1 aliphatic heterocycles. The van der Waals surface area contributed by atoms with Crippen molar-refractivity contribution >= 4 is 55.9 Å². The van der Waals surface area contributed by atoms with Crippen LogP contribution in [0.15, 0.2) is 108 Å². The Kier molecular flexibility index (Phi) is 8.55. The Morgan fingerprint density at radius 1 is 0.889 bits per heavy atom. The van der Waals surface area contributed by atoms with Gasteiger partial charge in [-0.1, -0.05) is 79.3 Å². The first-order valence-corrected chi connectivity index (χ1v) is 16.5. The number of rotatable bonds is 8. The molecule has 10 heteroatoms. The number of hydrogen-bond donors (Lipinski definition) is 2. The smallest absolute Gasteiger partial charge is 0.275 e. The SMILES string of the molecule is CC1C(CSc2nc3ccccc3s2)OC(c2cccc(NC(=O)c3cnc4ccccc4n3)c2)OC1c1ccc(CO)cc1. The van der Waals surface area contributed by atoms with E-state index >= 15 is 0 Å². The minimum atomic E-state index is -0.665. The maximum absolute atomic E-state index is 13.1. The number of aromatic nitrogens is 3. The van der Waals surface area contributed by atoms with Gasteiger partial charge in [-0.25, -0.2) is 9.97 Å². The van der Waals surface area contributed by atoms with Gasteiger partial charge in [0.15, 0.2) is 10.6 Å². The van der Waals surface area contributed by atoms with Gasteiger partial charge in [-0.15, -0.1) is 11.3 Å². The molecular weight excluding hydrogens is 605 g/mol. The van der Waals surface area contributed by atoms with E-state index in [4.69, 9.17) is 14.5 Å². The molecule has 0 bridgehead atoms. The van der Waals surface area contributed by atoms with Crippen molar-refractivity contribution in [2.24, 2.45) is 5.92 Å². The van der Waals surface area contributed by atoms with E-state index in [9.17, 15) is 9.90 Å². The predicted octanol–water partition coefficient (Wildman–Crippen LogP) is 7.57. The third-order valence-corrected chi connectivity index (χ3v) is 10.1. The van der Waals surface area contributed by atoms with Crippen molar-refractivity contribution in [3.05, 3.63) is 126 Å². The number of thiazole rings is 1. The molecule has 0 saturated carbocycles. The van der Waals surface area contributed by atoms with Gasteiger partial charge < -0.3 is 19.9 Å². The van der Waals surface area contributed by atoms with Crippen molar-refractivity contribution in [1.29, 1.82) is 0 Å². The van der Waals surface area contributed by atoms with Gasteiger partial charge in [-0.2, -0.15) is 0 Å². The summed E-state index contributed by atoms with van der Waals surface area (Å²) in [5.41, 5.74) is 5.87. The van der Waals surface area contributed by atoms with Gasteiger partial charge in [0.1, 0.15) is 5.69 Å². The molecule has 1 fully saturated rings. The largest absolute Gasteiger partial charge is 0.392 e. The molecule has 1 aliphatic rings. The van der Waals surface area contributed by atoms with Crippen LogP contribution in [0.25, 0.3) is 21.3 Å². The second-order valence-corrected chi connectivity index (χ2v) is 13.2. The molecule has 226 valence electrons. The summed E-state index contributed by atoms with van der Waals surface area (Å²) in [5.74, 6) is 0.386. The highest BCUT2D eigenvalue weighted by molar-refractivity contribution is 8.01. The highest BCUT2D eigenvalue weighted by atomic mass is 32.2. The summed E-state index contributed by atoms with van der Waals surface area (Å²) in [7, 11) is 0. The summed E-state index contributed by atoms with van der Waals surface area (Å²) in [6.07, 6.45) is 0.427. The van der Waals surface area contributed by atoms with E-state index in [2.05, 4.69) is 28.3 Å². The van der Waals surface area contributed by atoms with E-state index in [1.165, 1.54) is 6.20 Å². The summed E-state index contributed by atoms with van der Waals surface area (Å²) >= 11 is 3.37. The van der Waals surface area contributed by atoms with Crippen molar-refractivity contribution in [2.75, 3.05) is 11.1 Å². The summed E-state index contributed by atoms with van der Waals surface area (Å²) in [4.78, 5) is 26.7. The van der Waals surface area contributed by atoms with Crippen LogP contribution in [-0.2, 0) is 16.1 Å². The number of hydrogen-bond acceptors (Lipinski definition) is 9. The molecule has 2 aromatic heterocycles. The molecule has 4 unspecified atom stereocenters. The van der Waals surface area contributed by atoms with E-state index in [-0.39, 0.29) is 36.3 Å². The zero-order chi connectivity index (χ0) is 30.8. The van der Waals surface area contributed by atoms with Gasteiger partial charge in [0.25, 0.3) is 5.91 Å². The van der Waals surface area contributed by atoms with Crippen molar-refractivity contribution in [1.82, 2.24) is 15.0 Å². The Hall–Kier alpha value is -4.19. The van der Waals surface area contributed by atoms with Crippen LogP contribution in [-0.4, -0.2) is 37.8 Å². The number of fused-ring (bicyclic) bond motifs is 2. The molecule has 8 nitrogen and oxygen atoms in total. The fourth-order valence-corrected chi connectivity index (χ4v) is 7.66. The maximum atomic E-state index is 13.1. The molecule has 0 aliphatic carbocycles. The zero-order valence-corrected chi connectivity index (χ0v) is 26.0. The van der Waals surface area contributed by atoms with Crippen LogP contribution in [0.5, 0.6) is 0 Å². The lowest BCUT2D eigenvalue weighted by Crippen LogP contribution is -2.38. The highest BCUT2D eigenvalue weighted by Gasteiger charge is 2.38. The third kappa shape index (κ3) is 6.47. The number of thioether (sulfide) groups is 1. The Bertz CT molecular complexity index is 1930. The summed E-state index contributed by atoms with van der Waals surface area (Å²) < 4.78 is 15.4. The molecule has 0 spiro atoms. The van der Waals surface area contributed by atoms with Crippen LogP contribution in [0.1, 0.15) is 46.5 Å². The molecule has 4 aromatic carbocycles. The number of carbonyl (C=O) groups excluding carboxylic acids is 1. The molecule has 7 rings (SSSR count). The fourth-order valence-electron chi connectivity index (χ4n) is 5.40.